The minimum absolute atomic E-state index is 0.179. The molecule has 2 heterocycles. The van der Waals surface area contributed by atoms with E-state index in [1.54, 1.807) is 13.0 Å². The van der Waals surface area contributed by atoms with Crippen LogP contribution in [0.25, 0.3) is 5.65 Å². The van der Waals surface area contributed by atoms with Crippen LogP contribution < -0.4 is 10.6 Å². The van der Waals surface area contributed by atoms with Gasteiger partial charge >= 0.3 is 12.0 Å². The fourth-order valence-electron chi connectivity index (χ4n) is 1.44. The highest BCUT2D eigenvalue weighted by Crippen LogP contribution is 2.09. The topological polar surface area (TPSA) is 97.6 Å². The quantitative estimate of drug-likeness (QED) is 0.793. The number of imidazole rings is 1. The van der Waals surface area contributed by atoms with Crippen molar-refractivity contribution in [2.75, 3.05) is 19.0 Å². The highest BCUT2D eigenvalue weighted by atomic mass is 16.5. The zero-order chi connectivity index (χ0) is 13.8. The minimum atomic E-state index is -0.501. The van der Waals surface area contributed by atoms with Gasteiger partial charge in [0.15, 0.2) is 17.2 Å². The van der Waals surface area contributed by atoms with Crippen LogP contribution in [0, 0.1) is 0 Å². The Balaban J connectivity index is 2.28. The van der Waals surface area contributed by atoms with Crippen molar-refractivity contribution in [3.05, 3.63) is 24.0 Å². The van der Waals surface area contributed by atoms with E-state index in [0.29, 0.717) is 11.5 Å². The molecule has 0 bridgehead atoms. The fraction of sp³-hybridized carbons (Fsp3) is 0.273. The van der Waals surface area contributed by atoms with Crippen LogP contribution in [0.15, 0.2) is 18.3 Å². The molecule has 0 saturated carbocycles. The van der Waals surface area contributed by atoms with Gasteiger partial charge in [-0.25, -0.2) is 19.1 Å². The maximum atomic E-state index is 11.5. The number of aromatic nitrogens is 3. The Kier molecular flexibility index (Phi) is 3.60. The van der Waals surface area contributed by atoms with Gasteiger partial charge in [0.05, 0.1) is 12.8 Å². The van der Waals surface area contributed by atoms with E-state index in [4.69, 9.17) is 4.74 Å². The van der Waals surface area contributed by atoms with E-state index in [-0.39, 0.29) is 18.3 Å². The molecule has 0 aliphatic heterocycles. The number of esters is 1. The first-order valence-electron chi connectivity index (χ1n) is 5.66. The van der Waals surface area contributed by atoms with Gasteiger partial charge in [0.2, 0.25) is 0 Å². The summed E-state index contributed by atoms with van der Waals surface area (Å²) in [7, 11) is 1.50. The van der Waals surface area contributed by atoms with Crippen LogP contribution >= 0.6 is 0 Å². The average molecular weight is 263 g/mol. The van der Waals surface area contributed by atoms with Crippen LogP contribution in [0.5, 0.6) is 0 Å². The van der Waals surface area contributed by atoms with Crippen LogP contribution in [0.4, 0.5) is 10.6 Å². The number of carbonyl (C=O) groups is 2. The van der Waals surface area contributed by atoms with Crippen LogP contribution in [0.3, 0.4) is 0 Å². The van der Waals surface area contributed by atoms with E-state index in [0.717, 1.165) is 0 Å². The van der Waals surface area contributed by atoms with Crippen molar-refractivity contribution in [3.8, 4) is 0 Å². The molecule has 0 spiro atoms. The van der Waals surface area contributed by atoms with E-state index in [2.05, 4.69) is 20.7 Å². The number of nitrogens with zero attached hydrogens (tertiary/aromatic N) is 3. The van der Waals surface area contributed by atoms with Gasteiger partial charge in [-0.1, -0.05) is 0 Å². The Hall–Kier alpha value is -2.64. The molecule has 100 valence electrons. The number of carbonyl (C=O) groups excluding carboxylic acids is 2. The van der Waals surface area contributed by atoms with Crippen molar-refractivity contribution in [3.63, 3.8) is 0 Å². The predicted octanol–water partition coefficient (Wildman–Crippen LogP) is 0.657. The second-order valence-corrected chi connectivity index (χ2v) is 3.57. The summed E-state index contributed by atoms with van der Waals surface area (Å²) >= 11 is 0. The standard InChI is InChI=1S/C11H13N5O3/c1-3-19-10(17)7-4-5-9-13-8(6-16(9)15-7)14-11(18)12-2/h4-6H,3H2,1-2H3,(H2,12,14,18). The molecule has 8 heteroatoms. The second-order valence-electron chi connectivity index (χ2n) is 3.57. The van der Waals surface area contributed by atoms with Gasteiger partial charge in [-0.2, -0.15) is 5.10 Å². The lowest BCUT2D eigenvalue weighted by Gasteiger charge is -2.00. The number of ether oxygens (including phenoxy) is 1. The SMILES string of the molecule is CCOC(=O)c1ccc2nc(NC(=O)NC)cn2n1. The number of fused-ring (bicyclic) bond motifs is 1. The van der Waals surface area contributed by atoms with Crippen molar-refractivity contribution in [2.24, 2.45) is 0 Å². The van der Waals surface area contributed by atoms with E-state index in [9.17, 15) is 9.59 Å². The summed E-state index contributed by atoms with van der Waals surface area (Å²) in [4.78, 5) is 26.8. The van der Waals surface area contributed by atoms with Gasteiger partial charge in [0, 0.05) is 7.05 Å². The number of amides is 2. The van der Waals surface area contributed by atoms with Gasteiger partial charge in [0.25, 0.3) is 0 Å². The Labute approximate surface area is 108 Å². The molecule has 2 N–H and O–H groups in total. The third kappa shape index (κ3) is 2.79. The third-order valence-corrected chi connectivity index (χ3v) is 2.27. The molecule has 0 aliphatic carbocycles. The van der Waals surface area contributed by atoms with Crippen molar-refractivity contribution < 1.29 is 14.3 Å². The molecule has 19 heavy (non-hydrogen) atoms. The smallest absolute Gasteiger partial charge is 0.358 e. The first kappa shape index (κ1) is 12.8. The van der Waals surface area contributed by atoms with Crippen LogP contribution in [0.1, 0.15) is 17.4 Å². The lowest BCUT2D eigenvalue weighted by atomic mass is 10.4. The lowest BCUT2D eigenvalue weighted by molar-refractivity contribution is 0.0517. The summed E-state index contributed by atoms with van der Waals surface area (Å²) in [6.45, 7) is 2.00. The van der Waals surface area contributed by atoms with E-state index in [1.807, 2.05) is 0 Å². The van der Waals surface area contributed by atoms with Gasteiger partial charge in [-0.3, -0.25) is 5.32 Å². The molecule has 2 aromatic rings. The van der Waals surface area contributed by atoms with Gasteiger partial charge in [-0.05, 0) is 19.1 Å². The summed E-state index contributed by atoms with van der Waals surface area (Å²) in [6.07, 6.45) is 1.51. The fourth-order valence-corrected chi connectivity index (χ4v) is 1.44. The summed E-state index contributed by atoms with van der Waals surface area (Å²) in [5.74, 6) is -0.160. The minimum Gasteiger partial charge on any atom is -0.461 e. The molecule has 2 aromatic heterocycles. The van der Waals surface area contributed by atoms with E-state index >= 15 is 0 Å². The maximum Gasteiger partial charge on any atom is 0.358 e. The summed E-state index contributed by atoms with van der Waals surface area (Å²) in [5, 5.41) is 8.98. The third-order valence-electron chi connectivity index (χ3n) is 2.27. The van der Waals surface area contributed by atoms with Crippen molar-refractivity contribution >= 4 is 23.5 Å². The Morgan fingerprint density at radius 2 is 2.21 bits per heavy atom. The monoisotopic (exact) mass is 263 g/mol. The summed E-state index contributed by atoms with van der Waals surface area (Å²) in [6, 6.07) is 2.76. The molecule has 0 fully saturated rings. The summed E-state index contributed by atoms with van der Waals surface area (Å²) < 4.78 is 6.25. The number of hydrogen-bond donors (Lipinski definition) is 2. The van der Waals surface area contributed by atoms with Crippen molar-refractivity contribution in [2.45, 2.75) is 6.92 Å². The van der Waals surface area contributed by atoms with Crippen molar-refractivity contribution in [1.29, 1.82) is 0 Å². The Morgan fingerprint density at radius 3 is 2.89 bits per heavy atom. The van der Waals surface area contributed by atoms with Gasteiger partial charge in [0.1, 0.15) is 0 Å². The predicted molar refractivity (Wildman–Crippen MR) is 67.0 cm³/mol. The number of hydrogen-bond acceptors (Lipinski definition) is 5. The van der Waals surface area contributed by atoms with Crippen LogP contribution in [-0.2, 0) is 4.74 Å². The second kappa shape index (κ2) is 5.34. The van der Waals surface area contributed by atoms with Gasteiger partial charge < -0.3 is 10.1 Å². The molecule has 8 nitrogen and oxygen atoms in total. The van der Waals surface area contributed by atoms with Crippen LogP contribution in [0.2, 0.25) is 0 Å². The lowest BCUT2D eigenvalue weighted by Crippen LogP contribution is -2.24. The highest BCUT2D eigenvalue weighted by Gasteiger charge is 2.11. The molecule has 0 radical (unpaired) electrons. The maximum absolute atomic E-state index is 11.5. The van der Waals surface area contributed by atoms with E-state index in [1.165, 1.54) is 23.8 Å². The van der Waals surface area contributed by atoms with E-state index < -0.39 is 5.97 Å². The summed E-state index contributed by atoms with van der Waals surface area (Å²) in [5.41, 5.74) is 0.692. The normalized spacial score (nSPS) is 10.2. The first-order valence-corrected chi connectivity index (χ1v) is 5.66. The zero-order valence-electron chi connectivity index (χ0n) is 10.5. The molecule has 0 aromatic carbocycles. The van der Waals surface area contributed by atoms with Crippen molar-refractivity contribution in [1.82, 2.24) is 19.9 Å². The number of nitrogens with one attached hydrogen (secondary N) is 2. The Morgan fingerprint density at radius 1 is 1.42 bits per heavy atom. The Bertz CT molecular complexity index is 622. The molecule has 0 aliphatic rings. The molecule has 2 rings (SSSR count). The van der Waals surface area contributed by atoms with Crippen LogP contribution in [-0.4, -0.2) is 40.3 Å². The molecule has 0 atom stereocenters. The molecule has 2 amide bonds. The zero-order valence-corrected chi connectivity index (χ0v) is 10.5. The average Bonchev–Trinajstić information content (AvgIpc) is 2.79. The first-order chi connectivity index (χ1) is 9.13. The number of urea groups is 1. The molecular formula is C11H13N5O3. The number of anilines is 1. The molecule has 0 unspecified atom stereocenters. The molecular weight excluding hydrogens is 250 g/mol. The van der Waals surface area contributed by atoms with Gasteiger partial charge in [-0.15, -0.1) is 0 Å². The molecule has 0 saturated heterocycles. The highest BCUT2D eigenvalue weighted by molar-refractivity contribution is 5.89. The largest absolute Gasteiger partial charge is 0.461 e. The number of rotatable bonds is 3.